The van der Waals surface area contributed by atoms with E-state index in [2.05, 4.69) is 9.97 Å². The van der Waals surface area contributed by atoms with E-state index in [1.165, 1.54) is 0 Å². The molecule has 84 valence electrons. The number of aromatic nitrogens is 3. The summed E-state index contributed by atoms with van der Waals surface area (Å²) in [5, 5.41) is 0. The zero-order valence-electron chi connectivity index (χ0n) is 8.74. The van der Waals surface area contributed by atoms with Gasteiger partial charge < -0.3 is 9.64 Å². The molecule has 0 aliphatic rings. The number of rotatable bonds is 5. The van der Waals surface area contributed by atoms with Gasteiger partial charge in [0, 0.05) is 6.54 Å². The van der Waals surface area contributed by atoms with Crippen LogP contribution in [0.15, 0.2) is 9.59 Å². The predicted molar refractivity (Wildman–Crippen MR) is 54.1 cm³/mol. The van der Waals surface area contributed by atoms with E-state index >= 15 is 0 Å². The monoisotopic (exact) mass is 214 g/mol. The van der Waals surface area contributed by atoms with Gasteiger partial charge in [-0.2, -0.15) is 0 Å². The number of H-pyrrole nitrogens is 2. The Balaban J connectivity index is 2.44. The van der Waals surface area contributed by atoms with Gasteiger partial charge in [-0.1, -0.05) is 0 Å². The van der Waals surface area contributed by atoms with Gasteiger partial charge in [0.05, 0.1) is 6.61 Å². The van der Waals surface area contributed by atoms with Gasteiger partial charge in [0.15, 0.2) is 0 Å². The van der Waals surface area contributed by atoms with Crippen molar-refractivity contribution in [1.29, 1.82) is 0 Å². The Labute approximate surface area is 86.1 Å². The molecule has 0 radical (unpaired) electrons. The molecule has 0 fully saturated rings. The standard InChI is InChI=1S/C8H14N4O3/c1-12(2)4-3-5-15-8-10-6(13)9-7(14)11-8/h3-5H2,1-2H3,(H2,9,10,11,13,14). The number of hydrogen-bond donors (Lipinski definition) is 2. The van der Waals surface area contributed by atoms with E-state index in [1.807, 2.05) is 24.0 Å². The molecule has 0 aliphatic carbocycles. The van der Waals surface area contributed by atoms with Crippen LogP contribution in [0.4, 0.5) is 0 Å². The first-order valence-corrected chi connectivity index (χ1v) is 4.56. The van der Waals surface area contributed by atoms with Gasteiger partial charge in [-0.25, -0.2) is 9.59 Å². The lowest BCUT2D eigenvalue weighted by Crippen LogP contribution is -2.26. The average Bonchev–Trinajstić information content (AvgIpc) is 2.10. The molecule has 0 aromatic carbocycles. The molecule has 0 unspecified atom stereocenters. The Morgan fingerprint density at radius 1 is 1.33 bits per heavy atom. The Kier molecular flexibility index (Phi) is 4.04. The molecule has 0 saturated carbocycles. The summed E-state index contributed by atoms with van der Waals surface area (Å²) in [7, 11) is 3.90. The second kappa shape index (κ2) is 5.30. The smallest absolute Gasteiger partial charge is 0.353 e. The van der Waals surface area contributed by atoms with Crippen LogP contribution >= 0.6 is 0 Å². The Bertz CT molecular complexity index is 381. The van der Waals surface area contributed by atoms with E-state index in [-0.39, 0.29) is 6.01 Å². The molecule has 0 atom stereocenters. The molecule has 0 spiro atoms. The van der Waals surface area contributed by atoms with E-state index in [9.17, 15) is 9.59 Å². The minimum absolute atomic E-state index is 0.0393. The number of nitrogens with one attached hydrogen (secondary N) is 2. The van der Waals surface area contributed by atoms with E-state index < -0.39 is 11.4 Å². The highest BCUT2D eigenvalue weighted by Gasteiger charge is 1.99. The summed E-state index contributed by atoms with van der Waals surface area (Å²) in [6.07, 6.45) is 0.795. The third-order valence-corrected chi connectivity index (χ3v) is 1.63. The fourth-order valence-electron chi connectivity index (χ4n) is 0.992. The molecule has 1 aromatic heterocycles. The summed E-state index contributed by atoms with van der Waals surface area (Å²) in [6.45, 7) is 1.28. The van der Waals surface area contributed by atoms with E-state index in [4.69, 9.17) is 4.74 Å². The molecular formula is C8H14N4O3. The maximum atomic E-state index is 10.8. The molecule has 2 N–H and O–H groups in total. The predicted octanol–water partition coefficient (Wildman–Crippen LogP) is -1.21. The van der Waals surface area contributed by atoms with Crippen molar-refractivity contribution >= 4 is 0 Å². The second-order valence-corrected chi connectivity index (χ2v) is 3.31. The highest BCUT2D eigenvalue weighted by Crippen LogP contribution is 1.93. The summed E-state index contributed by atoms with van der Waals surface area (Å²) < 4.78 is 5.10. The van der Waals surface area contributed by atoms with Crippen molar-refractivity contribution in [2.75, 3.05) is 27.2 Å². The van der Waals surface area contributed by atoms with Crippen molar-refractivity contribution in [3.63, 3.8) is 0 Å². The molecule has 1 rings (SSSR count). The van der Waals surface area contributed by atoms with E-state index in [0.29, 0.717) is 6.61 Å². The summed E-state index contributed by atoms with van der Waals surface area (Å²) >= 11 is 0. The molecule has 1 aromatic rings. The van der Waals surface area contributed by atoms with Crippen LogP contribution < -0.4 is 16.1 Å². The Morgan fingerprint density at radius 3 is 2.67 bits per heavy atom. The third-order valence-electron chi connectivity index (χ3n) is 1.63. The summed E-state index contributed by atoms with van der Waals surface area (Å²) in [4.78, 5) is 31.3. The Morgan fingerprint density at radius 2 is 2.07 bits per heavy atom. The van der Waals surface area contributed by atoms with Crippen LogP contribution in [0.25, 0.3) is 0 Å². The van der Waals surface area contributed by atoms with Gasteiger partial charge in [-0.3, -0.25) is 9.97 Å². The van der Waals surface area contributed by atoms with Crippen LogP contribution in [0.1, 0.15) is 6.42 Å². The number of ether oxygens (including phenoxy) is 1. The molecule has 1 heterocycles. The molecule has 0 bridgehead atoms. The first kappa shape index (κ1) is 11.4. The van der Waals surface area contributed by atoms with Crippen molar-refractivity contribution in [2.24, 2.45) is 0 Å². The van der Waals surface area contributed by atoms with Crippen LogP contribution in [0, 0.1) is 0 Å². The maximum Gasteiger partial charge on any atom is 0.353 e. The molecule has 7 heteroatoms. The largest absolute Gasteiger partial charge is 0.465 e. The molecule has 15 heavy (non-hydrogen) atoms. The van der Waals surface area contributed by atoms with Crippen molar-refractivity contribution < 1.29 is 4.74 Å². The lowest BCUT2D eigenvalue weighted by molar-refractivity contribution is 0.261. The van der Waals surface area contributed by atoms with E-state index in [1.54, 1.807) is 0 Å². The molecule has 0 aliphatic heterocycles. The highest BCUT2D eigenvalue weighted by molar-refractivity contribution is 4.87. The zero-order valence-corrected chi connectivity index (χ0v) is 8.74. The summed E-state index contributed by atoms with van der Waals surface area (Å²) in [6, 6.07) is -0.0393. The summed E-state index contributed by atoms with van der Waals surface area (Å²) in [5.41, 5.74) is -1.32. The SMILES string of the molecule is CN(C)CCCOc1nc(=O)[nH]c(=O)[nH]1. The molecule has 0 amide bonds. The van der Waals surface area contributed by atoms with Gasteiger partial charge in [-0.15, -0.1) is 4.98 Å². The van der Waals surface area contributed by atoms with Gasteiger partial charge in [-0.05, 0) is 20.5 Å². The second-order valence-electron chi connectivity index (χ2n) is 3.31. The van der Waals surface area contributed by atoms with Crippen LogP contribution in [-0.2, 0) is 0 Å². The molecule has 7 nitrogen and oxygen atoms in total. The van der Waals surface area contributed by atoms with Crippen LogP contribution in [-0.4, -0.2) is 47.1 Å². The molecule has 0 saturated heterocycles. The fourth-order valence-corrected chi connectivity index (χ4v) is 0.992. The van der Waals surface area contributed by atoms with Crippen molar-refractivity contribution in [2.45, 2.75) is 6.42 Å². The average molecular weight is 214 g/mol. The van der Waals surface area contributed by atoms with Gasteiger partial charge in [0.2, 0.25) is 0 Å². The first-order chi connectivity index (χ1) is 7.08. The van der Waals surface area contributed by atoms with Gasteiger partial charge in [0.1, 0.15) is 0 Å². The van der Waals surface area contributed by atoms with Crippen molar-refractivity contribution in [3.8, 4) is 6.01 Å². The van der Waals surface area contributed by atoms with E-state index in [0.717, 1.165) is 13.0 Å². The topological polar surface area (TPSA) is 91.1 Å². The number of aromatic amines is 2. The van der Waals surface area contributed by atoms with Crippen LogP contribution in [0.2, 0.25) is 0 Å². The number of hydrogen-bond acceptors (Lipinski definition) is 5. The summed E-state index contributed by atoms with van der Waals surface area (Å²) in [5.74, 6) is 0. The Hall–Kier alpha value is -1.63. The quantitative estimate of drug-likeness (QED) is 0.600. The lowest BCUT2D eigenvalue weighted by atomic mass is 10.4. The van der Waals surface area contributed by atoms with Gasteiger partial charge >= 0.3 is 17.4 Å². The van der Waals surface area contributed by atoms with Crippen LogP contribution in [0.3, 0.4) is 0 Å². The minimum atomic E-state index is -0.707. The van der Waals surface area contributed by atoms with Crippen molar-refractivity contribution in [3.05, 3.63) is 21.0 Å². The minimum Gasteiger partial charge on any atom is -0.465 e. The third kappa shape index (κ3) is 4.41. The fraction of sp³-hybridized carbons (Fsp3) is 0.625. The zero-order chi connectivity index (χ0) is 11.3. The maximum absolute atomic E-state index is 10.8. The normalized spacial score (nSPS) is 10.6. The number of nitrogens with zero attached hydrogens (tertiary/aromatic N) is 2. The van der Waals surface area contributed by atoms with Gasteiger partial charge in [0.25, 0.3) is 0 Å². The molecular weight excluding hydrogens is 200 g/mol. The van der Waals surface area contributed by atoms with Crippen LogP contribution in [0.5, 0.6) is 6.01 Å². The lowest BCUT2D eigenvalue weighted by Gasteiger charge is -2.08. The van der Waals surface area contributed by atoms with Crippen molar-refractivity contribution in [1.82, 2.24) is 19.9 Å². The highest BCUT2D eigenvalue weighted by atomic mass is 16.5. The first-order valence-electron chi connectivity index (χ1n) is 4.56.